The predicted octanol–water partition coefficient (Wildman–Crippen LogP) is 0.972. The van der Waals surface area contributed by atoms with Crippen molar-refractivity contribution in [3.63, 3.8) is 0 Å². The van der Waals surface area contributed by atoms with E-state index in [-0.39, 0.29) is 11.1 Å². The molecule has 0 aliphatic carbocycles. The SMILES string of the molecule is NC(=O)c1nn(CC(=O)Nc2ccnn2Cc2ccco2)c(=O)c2ccccc12. The number of furan rings is 1. The fourth-order valence-electron chi connectivity index (χ4n) is 2.96. The van der Waals surface area contributed by atoms with Crippen LogP contribution in [0.4, 0.5) is 5.82 Å². The van der Waals surface area contributed by atoms with Gasteiger partial charge >= 0.3 is 0 Å². The Morgan fingerprint density at radius 2 is 1.86 bits per heavy atom. The zero-order valence-electron chi connectivity index (χ0n) is 15.1. The molecule has 146 valence electrons. The van der Waals surface area contributed by atoms with Gasteiger partial charge in [-0.25, -0.2) is 9.36 Å². The van der Waals surface area contributed by atoms with Crippen molar-refractivity contribution >= 4 is 28.4 Å². The highest BCUT2D eigenvalue weighted by molar-refractivity contribution is 6.04. The van der Waals surface area contributed by atoms with E-state index in [0.29, 0.717) is 23.5 Å². The molecule has 3 N–H and O–H groups in total. The van der Waals surface area contributed by atoms with Crippen molar-refractivity contribution in [2.24, 2.45) is 5.73 Å². The molecule has 0 radical (unpaired) electrons. The lowest BCUT2D eigenvalue weighted by Crippen LogP contribution is -2.32. The van der Waals surface area contributed by atoms with Gasteiger partial charge in [-0.1, -0.05) is 18.2 Å². The van der Waals surface area contributed by atoms with Gasteiger partial charge in [-0.05, 0) is 18.2 Å². The molecule has 3 aromatic heterocycles. The van der Waals surface area contributed by atoms with Gasteiger partial charge in [0.25, 0.3) is 11.5 Å². The molecular formula is C19H16N6O4. The molecule has 0 aliphatic rings. The fraction of sp³-hybridized carbons (Fsp3) is 0.105. The summed E-state index contributed by atoms with van der Waals surface area (Å²) >= 11 is 0. The van der Waals surface area contributed by atoms with E-state index in [4.69, 9.17) is 10.2 Å². The number of anilines is 1. The maximum Gasteiger partial charge on any atom is 0.275 e. The minimum absolute atomic E-state index is 0.0733. The Balaban J connectivity index is 1.59. The monoisotopic (exact) mass is 392 g/mol. The highest BCUT2D eigenvalue weighted by Crippen LogP contribution is 2.13. The van der Waals surface area contributed by atoms with Gasteiger partial charge in [-0.15, -0.1) is 0 Å². The molecule has 0 fully saturated rings. The largest absolute Gasteiger partial charge is 0.467 e. The van der Waals surface area contributed by atoms with E-state index >= 15 is 0 Å². The smallest absolute Gasteiger partial charge is 0.275 e. The standard InChI is InChI=1S/C19H16N6O4/c20-18(27)17-13-5-1-2-6-14(13)19(28)25(23-17)11-16(26)22-15-7-8-21-24(15)10-12-4-3-9-29-12/h1-9H,10-11H2,(H2,20,27)(H,22,26). The minimum Gasteiger partial charge on any atom is -0.467 e. The van der Waals surface area contributed by atoms with Crippen LogP contribution in [0.2, 0.25) is 0 Å². The van der Waals surface area contributed by atoms with Crippen LogP contribution >= 0.6 is 0 Å². The Hall–Kier alpha value is -4.21. The molecule has 0 unspecified atom stereocenters. The lowest BCUT2D eigenvalue weighted by Gasteiger charge is -2.10. The van der Waals surface area contributed by atoms with Gasteiger partial charge < -0.3 is 15.5 Å². The second-order valence-electron chi connectivity index (χ2n) is 6.22. The highest BCUT2D eigenvalue weighted by atomic mass is 16.3. The number of rotatable bonds is 6. The van der Waals surface area contributed by atoms with Crippen LogP contribution in [0.15, 0.2) is 64.1 Å². The van der Waals surface area contributed by atoms with Gasteiger partial charge in [-0.2, -0.15) is 10.2 Å². The van der Waals surface area contributed by atoms with Crippen LogP contribution in [-0.2, 0) is 17.9 Å². The molecule has 29 heavy (non-hydrogen) atoms. The van der Waals surface area contributed by atoms with Crippen LogP contribution in [-0.4, -0.2) is 31.4 Å². The van der Waals surface area contributed by atoms with Gasteiger partial charge in [0.2, 0.25) is 5.91 Å². The molecule has 0 saturated heterocycles. The normalized spacial score (nSPS) is 10.9. The number of carbonyl (C=O) groups is 2. The van der Waals surface area contributed by atoms with Crippen molar-refractivity contribution < 1.29 is 14.0 Å². The van der Waals surface area contributed by atoms with E-state index < -0.39 is 23.9 Å². The summed E-state index contributed by atoms with van der Waals surface area (Å²) in [5, 5.41) is 11.4. The molecule has 10 nitrogen and oxygen atoms in total. The minimum atomic E-state index is -0.785. The second kappa shape index (κ2) is 7.43. The second-order valence-corrected chi connectivity index (χ2v) is 6.22. The van der Waals surface area contributed by atoms with E-state index in [2.05, 4.69) is 15.5 Å². The third kappa shape index (κ3) is 3.63. The topological polar surface area (TPSA) is 138 Å². The molecular weight excluding hydrogens is 376 g/mol. The summed E-state index contributed by atoms with van der Waals surface area (Å²) in [6, 6.07) is 11.6. The van der Waals surface area contributed by atoms with Crippen molar-refractivity contribution in [3.8, 4) is 0 Å². The first-order valence-corrected chi connectivity index (χ1v) is 8.66. The van der Waals surface area contributed by atoms with Gasteiger partial charge in [0.05, 0.1) is 17.8 Å². The van der Waals surface area contributed by atoms with Gasteiger partial charge in [-0.3, -0.25) is 14.4 Å². The molecule has 3 heterocycles. The number of nitrogens with two attached hydrogens (primary N) is 1. The Labute approximate surface area is 163 Å². The summed E-state index contributed by atoms with van der Waals surface area (Å²) in [5.41, 5.74) is 4.82. The molecule has 0 bridgehead atoms. The number of nitrogens with one attached hydrogen (secondary N) is 1. The number of aromatic nitrogens is 4. The molecule has 10 heteroatoms. The summed E-state index contributed by atoms with van der Waals surface area (Å²) in [6.45, 7) is -0.0640. The summed E-state index contributed by atoms with van der Waals surface area (Å²) < 4.78 is 7.75. The number of primary amides is 1. The zero-order chi connectivity index (χ0) is 20.4. The number of hydrogen-bond acceptors (Lipinski definition) is 6. The number of benzene rings is 1. The summed E-state index contributed by atoms with van der Waals surface area (Å²) in [6.07, 6.45) is 3.08. The van der Waals surface area contributed by atoms with E-state index in [1.54, 1.807) is 53.4 Å². The summed E-state index contributed by atoms with van der Waals surface area (Å²) in [4.78, 5) is 36.9. The third-order valence-electron chi connectivity index (χ3n) is 4.26. The van der Waals surface area contributed by atoms with E-state index in [0.717, 1.165) is 4.68 Å². The third-order valence-corrected chi connectivity index (χ3v) is 4.26. The van der Waals surface area contributed by atoms with Crippen molar-refractivity contribution in [3.05, 3.63) is 76.7 Å². The molecule has 0 saturated carbocycles. The van der Waals surface area contributed by atoms with Gasteiger partial charge in [0.1, 0.15) is 24.7 Å². The van der Waals surface area contributed by atoms with Gasteiger partial charge in [0.15, 0.2) is 5.69 Å². The number of amides is 2. The quantitative estimate of drug-likeness (QED) is 0.501. The maximum absolute atomic E-state index is 12.7. The van der Waals surface area contributed by atoms with Crippen molar-refractivity contribution in [2.45, 2.75) is 13.1 Å². The Morgan fingerprint density at radius 3 is 2.59 bits per heavy atom. The molecule has 2 amide bonds. The number of nitrogens with zero attached hydrogens (tertiary/aromatic N) is 4. The first kappa shape index (κ1) is 18.2. The Bertz CT molecular complexity index is 1260. The van der Waals surface area contributed by atoms with Crippen molar-refractivity contribution in [1.82, 2.24) is 19.6 Å². The van der Waals surface area contributed by atoms with Crippen molar-refractivity contribution in [2.75, 3.05) is 5.32 Å². The van der Waals surface area contributed by atoms with E-state index in [9.17, 15) is 14.4 Å². The number of fused-ring (bicyclic) bond motifs is 1. The number of carbonyl (C=O) groups excluding carboxylic acids is 2. The average Bonchev–Trinajstić information content (AvgIpc) is 3.37. The van der Waals surface area contributed by atoms with Crippen LogP contribution in [0.3, 0.4) is 0 Å². The molecule has 0 spiro atoms. The lowest BCUT2D eigenvalue weighted by molar-refractivity contribution is -0.117. The van der Waals surface area contributed by atoms with Gasteiger partial charge in [0, 0.05) is 11.5 Å². The molecule has 0 atom stereocenters. The van der Waals surface area contributed by atoms with Crippen LogP contribution in [0.5, 0.6) is 0 Å². The molecule has 0 aliphatic heterocycles. The predicted molar refractivity (Wildman–Crippen MR) is 103 cm³/mol. The zero-order valence-corrected chi connectivity index (χ0v) is 15.1. The van der Waals surface area contributed by atoms with Crippen LogP contribution < -0.4 is 16.6 Å². The highest BCUT2D eigenvalue weighted by Gasteiger charge is 2.16. The van der Waals surface area contributed by atoms with E-state index in [1.165, 1.54) is 6.20 Å². The maximum atomic E-state index is 12.7. The summed E-state index contributed by atoms with van der Waals surface area (Å²) in [5.74, 6) is -0.198. The first-order chi connectivity index (χ1) is 14.0. The number of hydrogen-bond donors (Lipinski definition) is 2. The Morgan fingerprint density at radius 1 is 1.07 bits per heavy atom. The lowest BCUT2D eigenvalue weighted by atomic mass is 10.1. The Kier molecular flexibility index (Phi) is 4.65. The van der Waals surface area contributed by atoms with Crippen LogP contribution in [0, 0.1) is 0 Å². The van der Waals surface area contributed by atoms with Crippen LogP contribution in [0.25, 0.3) is 10.8 Å². The van der Waals surface area contributed by atoms with Crippen molar-refractivity contribution in [1.29, 1.82) is 0 Å². The summed E-state index contributed by atoms with van der Waals surface area (Å²) in [7, 11) is 0. The molecule has 4 aromatic rings. The fourth-order valence-corrected chi connectivity index (χ4v) is 2.96. The molecule has 4 rings (SSSR count). The molecule has 1 aromatic carbocycles. The first-order valence-electron chi connectivity index (χ1n) is 8.66. The average molecular weight is 392 g/mol. The van der Waals surface area contributed by atoms with E-state index in [1.807, 2.05) is 0 Å². The van der Waals surface area contributed by atoms with Crippen LogP contribution in [0.1, 0.15) is 16.2 Å².